The van der Waals surface area contributed by atoms with Crippen LogP contribution in [0.5, 0.6) is 0 Å². The van der Waals surface area contributed by atoms with Crippen LogP contribution in [0, 0.1) is 5.92 Å². The predicted octanol–water partition coefficient (Wildman–Crippen LogP) is 0.548. The lowest BCUT2D eigenvalue weighted by molar-refractivity contribution is -0.127. The smallest absolute Gasteiger partial charge is 0.226 e. The Balaban J connectivity index is 0.00000133. The molecule has 0 aliphatic carbocycles. The van der Waals surface area contributed by atoms with E-state index in [2.05, 4.69) is 20.8 Å². The molecule has 3 rings (SSSR count). The highest BCUT2D eigenvalue weighted by atomic mass is 35.5. The average Bonchev–Trinajstić information content (AvgIpc) is 2.69. The van der Waals surface area contributed by atoms with E-state index in [-0.39, 0.29) is 30.3 Å². The second kappa shape index (κ2) is 5.54. The molecule has 0 spiro atoms. The quantitative estimate of drug-likeness (QED) is 0.862. The van der Waals surface area contributed by atoms with Gasteiger partial charge in [0.05, 0.1) is 12.0 Å². The Morgan fingerprint density at radius 3 is 2.95 bits per heavy atom. The van der Waals surface area contributed by atoms with Gasteiger partial charge < -0.3 is 10.6 Å². The van der Waals surface area contributed by atoms with Crippen LogP contribution >= 0.6 is 12.4 Å². The third-order valence-electron chi connectivity index (χ3n) is 3.24. The fraction of sp³-hybridized carbons (Fsp3) is 0.417. The number of nitrogens with zero attached hydrogens (tertiary/aromatic N) is 3. The van der Waals surface area contributed by atoms with Crippen molar-refractivity contribution in [2.45, 2.75) is 13.0 Å². The van der Waals surface area contributed by atoms with Crippen molar-refractivity contribution in [3.05, 3.63) is 30.2 Å². The molecule has 0 aromatic carbocycles. The second-order valence-electron chi connectivity index (χ2n) is 4.57. The molecule has 0 saturated carbocycles. The molecule has 1 fully saturated rings. The van der Waals surface area contributed by atoms with Gasteiger partial charge in [0.2, 0.25) is 5.91 Å². The number of amides is 1. The van der Waals surface area contributed by atoms with Gasteiger partial charge in [-0.3, -0.25) is 9.20 Å². The molecule has 7 heteroatoms. The van der Waals surface area contributed by atoms with Gasteiger partial charge in [0.1, 0.15) is 0 Å². The van der Waals surface area contributed by atoms with Crippen LogP contribution < -0.4 is 10.6 Å². The van der Waals surface area contributed by atoms with E-state index in [4.69, 9.17) is 0 Å². The summed E-state index contributed by atoms with van der Waals surface area (Å²) in [5, 5.41) is 14.3. The summed E-state index contributed by atoms with van der Waals surface area (Å²) in [7, 11) is 0. The molecule has 102 valence electrons. The van der Waals surface area contributed by atoms with Gasteiger partial charge in [-0.2, -0.15) is 0 Å². The van der Waals surface area contributed by atoms with E-state index < -0.39 is 0 Å². The van der Waals surface area contributed by atoms with Crippen LogP contribution in [0.4, 0.5) is 0 Å². The fourth-order valence-corrected chi connectivity index (χ4v) is 2.03. The van der Waals surface area contributed by atoms with Crippen molar-refractivity contribution >= 4 is 24.0 Å². The summed E-state index contributed by atoms with van der Waals surface area (Å²) in [6, 6.07) is 5.58. The summed E-state index contributed by atoms with van der Waals surface area (Å²) in [4.78, 5) is 11.9. The molecular formula is C12H16ClN5O. The van der Waals surface area contributed by atoms with E-state index in [1.54, 1.807) is 0 Å². The Morgan fingerprint density at radius 1 is 1.47 bits per heavy atom. The van der Waals surface area contributed by atoms with Gasteiger partial charge in [0.15, 0.2) is 11.5 Å². The number of nitrogens with one attached hydrogen (secondary N) is 2. The number of carbonyl (C=O) groups excluding carboxylic acids is 1. The zero-order valence-corrected chi connectivity index (χ0v) is 11.4. The maximum Gasteiger partial charge on any atom is 0.226 e. The van der Waals surface area contributed by atoms with Gasteiger partial charge in [-0.1, -0.05) is 6.07 Å². The number of aromatic nitrogens is 3. The molecule has 0 radical (unpaired) electrons. The van der Waals surface area contributed by atoms with Crippen molar-refractivity contribution < 1.29 is 4.79 Å². The third-order valence-corrected chi connectivity index (χ3v) is 3.24. The van der Waals surface area contributed by atoms with Gasteiger partial charge >= 0.3 is 0 Å². The molecule has 0 bridgehead atoms. The summed E-state index contributed by atoms with van der Waals surface area (Å²) in [6.45, 7) is 3.45. The molecule has 1 saturated heterocycles. The van der Waals surface area contributed by atoms with Crippen molar-refractivity contribution in [1.82, 2.24) is 25.2 Å². The van der Waals surface area contributed by atoms with E-state index in [0.717, 1.165) is 24.6 Å². The standard InChI is InChI=1S/C12H15N5O.ClH/c1-8(14-12(18)9-6-13-7-9)11-16-15-10-4-2-3-5-17(10)11;/h2-5,8-9,13H,6-7H2,1H3,(H,14,18);1H. The van der Waals surface area contributed by atoms with Gasteiger partial charge in [-0.15, -0.1) is 22.6 Å². The molecule has 3 heterocycles. The number of pyridine rings is 1. The highest BCUT2D eigenvalue weighted by Crippen LogP contribution is 2.13. The van der Waals surface area contributed by atoms with Crippen molar-refractivity contribution in [1.29, 1.82) is 0 Å². The van der Waals surface area contributed by atoms with E-state index in [9.17, 15) is 4.79 Å². The van der Waals surface area contributed by atoms with Crippen molar-refractivity contribution in [3.63, 3.8) is 0 Å². The van der Waals surface area contributed by atoms with Gasteiger partial charge in [0.25, 0.3) is 0 Å². The molecule has 1 aliphatic rings. The highest BCUT2D eigenvalue weighted by molar-refractivity contribution is 5.85. The monoisotopic (exact) mass is 281 g/mol. The number of fused-ring (bicyclic) bond motifs is 1. The molecule has 2 aromatic heterocycles. The van der Waals surface area contributed by atoms with Crippen LogP contribution in [0.1, 0.15) is 18.8 Å². The Hall–Kier alpha value is -1.66. The van der Waals surface area contributed by atoms with Crippen LogP contribution in [0.2, 0.25) is 0 Å². The van der Waals surface area contributed by atoms with Crippen molar-refractivity contribution in [3.8, 4) is 0 Å². The van der Waals surface area contributed by atoms with Gasteiger partial charge in [0, 0.05) is 19.3 Å². The topological polar surface area (TPSA) is 71.3 Å². The first-order valence-electron chi connectivity index (χ1n) is 6.06. The molecule has 1 atom stereocenters. The van der Waals surface area contributed by atoms with Crippen LogP contribution in [-0.2, 0) is 4.79 Å². The molecule has 1 aliphatic heterocycles. The lowest BCUT2D eigenvalue weighted by Gasteiger charge is -2.27. The second-order valence-corrected chi connectivity index (χ2v) is 4.57. The fourth-order valence-electron chi connectivity index (χ4n) is 2.03. The van der Waals surface area contributed by atoms with Gasteiger partial charge in [-0.05, 0) is 19.1 Å². The zero-order chi connectivity index (χ0) is 12.5. The lowest BCUT2D eigenvalue weighted by Crippen LogP contribution is -2.51. The van der Waals surface area contributed by atoms with Crippen molar-refractivity contribution in [2.75, 3.05) is 13.1 Å². The number of rotatable bonds is 3. The minimum Gasteiger partial charge on any atom is -0.346 e. The van der Waals surface area contributed by atoms with Gasteiger partial charge in [-0.25, -0.2) is 0 Å². The largest absolute Gasteiger partial charge is 0.346 e. The van der Waals surface area contributed by atoms with Crippen LogP contribution in [0.25, 0.3) is 5.65 Å². The van der Waals surface area contributed by atoms with Crippen LogP contribution in [0.15, 0.2) is 24.4 Å². The van der Waals surface area contributed by atoms with E-state index in [1.807, 2.05) is 35.7 Å². The third kappa shape index (κ3) is 2.54. The van der Waals surface area contributed by atoms with E-state index in [1.165, 1.54) is 0 Å². The molecular weight excluding hydrogens is 266 g/mol. The SMILES string of the molecule is CC(NC(=O)C1CNC1)c1nnc2ccccn12.Cl. The summed E-state index contributed by atoms with van der Waals surface area (Å²) in [5.74, 6) is 0.923. The minimum absolute atomic E-state index is 0. The number of hydrogen-bond donors (Lipinski definition) is 2. The predicted molar refractivity (Wildman–Crippen MR) is 73.2 cm³/mol. The first-order valence-corrected chi connectivity index (χ1v) is 6.06. The van der Waals surface area contributed by atoms with E-state index >= 15 is 0 Å². The van der Waals surface area contributed by atoms with Crippen LogP contribution in [-0.4, -0.2) is 33.6 Å². The molecule has 1 amide bonds. The molecule has 19 heavy (non-hydrogen) atoms. The summed E-state index contributed by atoms with van der Waals surface area (Å²) in [6.07, 6.45) is 1.90. The first kappa shape index (κ1) is 13.8. The molecule has 2 N–H and O–H groups in total. The number of hydrogen-bond acceptors (Lipinski definition) is 4. The highest BCUT2D eigenvalue weighted by Gasteiger charge is 2.26. The van der Waals surface area contributed by atoms with Crippen molar-refractivity contribution in [2.24, 2.45) is 5.92 Å². The molecule has 1 unspecified atom stereocenters. The maximum atomic E-state index is 11.9. The average molecular weight is 282 g/mol. The Kier molecular flexibility index (Phi) is 4.01. The molecule has 2 aromatic rings. The first-order chi connectivity index (χ1) is 8.75. The summed E-state index contributed by atoms with van der Waals surface area (Å²) in [5.41, 5.74) is 0.791. The Morgan fingerprint density at radius 2 is 2.26 bits per heavy atom. The maximum absolute atomic E-state index is 11.9. The Bertz CT molecular complexity index is 580. The molecule has 6 nitrogen and oxygen atoms in total. The zero-order valence-electron chi connectivity index (χ0n) is 10.5. The minimum atomic E-state index is -0.143. The Labute approximate surface area is 117 Å². The van der Waals surface area contributed by atoms with Crippen LogP contribution in [0.3, 0.4) is 0 Å². The lowest BCUT2D eigenvalue weighted by atomic mass is 10.0. The van der Waals surface area contributed by atoms with E-state index in [0.29, 0.717) is 0 Å². The number of halogens is 1. The summed E-state index contributed by atoms with van der Waals surface area (Å²) >= 11 is 0. The number of carbonyl (C=O) groups is 1. The summed E-state index contributed by atoms with van der Waals surface area (Å²) < 4.78 is 1.89. The normalized spacial score (nSPS) is 16.5.